The average molecular weight is 570 g/mol. The van der Waals surface area contributed by atoms with Gasteiger partial charge in [0.05, 0.1) is 0 Å². The van der Waals surface area contributed by atoms with E-state index >= 15 is 0 Å². The van der Waals surface area contributed by atoms with Crippen LogP contribution in [0, 0.1) is 0 Å². The van der Waals surface area contributed by atoms with Crippen LogP contribution in [0.3, 0.4) is 0 Å². The average Bonchev–Trinajstić information content (AvgIpc) is 2.83. The molecule has 0 aromatic heterocycles. The minimum atomic E-state index is -0.0235. The molecule has 0 radical (unpaired) electrons. The number of methoxy groups -OCH3 is 2. The van der Waals surface area contributed by atoms with E-state index in [-0.39, 0.29) is 38.1 Å². The molecule has 0 heterocycles. The van der Waals surface area contributed by atoms with Gasteiger partial charge in [0.15, 0.2) is 0 Å². The molecular weight excluding hydrogens is 538 g/mol. The molecule has 2 amide bonds. The fraction of sp³-hybridized carbons (Fsp3) is 0.417. The minimum absolute atomic E-state index is 0.00907. The third-order valence-electron chi connectivity index (χ3n) is 5.17. The van der Waals surface area contributed by atoms with Gasteiger partial charge in [-0.2, -0.15) is 0 Å². The molecule has 0 saturated heterocycles. The van der Waals surface area contributed by atoms with E-state index in [1.54, 1.807) is 14.2 Å². The van der Waals surface area contributed by atoms with Gasteiger partial charge in [-0.3, -0.25) is 0 Å². The van der Waals surface area contributed by atoms with Crippen LogP contribution in [0.5, 0.6) is 11.5 Å². The van der Waals surface area contributed by atoms with Crippen LogP contribution in [0.1, 0.15) is 48.4 Å². The van der Waals surface area contributed by atoms with Gasteiger partial charge in [0, 0.05) is 0 Å². The first-order chi connectivity index (χ1) is 15.5. The van der Waals surface area contributed by atoms with E-state index in [4.69, 9.17) is 9.47 Å². The molecule has 0 aliphatic carbocycles. The van der Waals surface area contributed by atoms with Crippen molar-refractivity contribution in [2.45, 2.75) is 27.7 Å². The van der Waals surface area contributed by atoms with Crippen molar-refractivity contribution in [3.63, 3.8) is 0 Å². The zero-order chi connectivity index (χ0) is 23.7. The molecule has 0 bridgehead atoms. The van der Waals surface area contributed by atoms with Gasteiger partial charge in [-0.15, -0.1) is 0 Å². The summed E-state index contributed by atoms with van der Waals surface area (Å²) in [6.07, 6.45) is 0. The van der Waals surface area contributed by atoms with E-state index in [2.05, 4.69) is 0 Å². The fourth-order valence-corrected chi connectivity index (χ4v) is 10.4. The quantitative estimate of drug-likeness (QED) is 0.388. The molecule has 2 rings (SSSR count). The van der Waals surface area contributed by atoms with Crippen molar-refractivity contribution in [3.8, 4) is 11.5 Å². The molecular formula is C24H32N2O4Se2. The van der Waals surface area contributed by atoms with Crippen LogP contribution in [0.25, 0.3) is 0 Å². The number of hydrogen-bond donors (Lipinski definition) is 0. The van der Waals surface area contributed by atoms with Crippen LogP contribution < -0.4 is 18.4 Å². The van der Waals surface area contributed by atoms with E-state index in [0.29, 0.717) is 48.8 Å². The van der Waals surface area contributed by atoms with Gasteiger partial charge in [0.2, 0.25) is 0 Å². The third-order valence-corrected chi connectivity index (χ3v) is 12.3. The second-order valence-electron chi connectivity index (χ2n) is 6.79. The first-order valence-electron chi connectivity index (χ1n) is 10.7. The maximum atomic E-state index is 13.2. The molecule has 0 aliphatic heterocycles. The van der Waals surface area contributed by atoms with Crippen molar-refractivity contribution in [3.05, 3.63) is 47.5 Å². The molecule has 0 N–H and O–H groups in total. The summed E-state index contributed by atoms with van der Waals surface area (Å²) in [6.45, 7) is 10.5. The molecule has 8 heteroatoms. The van der Waals surface area contributed by atoms with Gasteiger partial charge in [-0.1, -0.05) is 0 Å². The summed E-state index contributed by atoms with van der Waals surface area (Å²) < 4.78 is 13.1. The standard InChI is InChI=1S/C24H32N2O4Se2/c1-7-25(8-2)23(27)21-17(29-5)13-11-15-19(21)31-32-20-16-12-14-18(30-6)22(20)24(28)26(9-3)10-4/h11-16H,7-10H2,1-6H3. The fourth-order valence-electron chi connectivity index (χ4n) is 3.35. The Morgan fingerprint density at radius 3 is 1.31 bits per heavy atom. The summed E-state index contributed by atoms with van der Waals surface area (Å²) in [5.41, 5.74) is 1.28. The summed E-state index contributed by atoms with van der Waals surface area (Å²) in [5, 5.41) is 0. The molecule has 32 heavy (non-hydrogen) atoms. The Bertz CT molecular complexity index is 853. The van der Waals surface area contributed by atoms with Crippen molar-refractivity contribution in [1.29, 1.82) is 0 Å². The summed E-state index contributed by atoms with van der Waals surface area (Å²) in [7, 11) is 3.19. The molecule has 0 fully saturated rings. The number of amides is 2. The molecule has 0 aliphatic rings. The van der Waals surface area contributed by atoms with Gasteiger partial charge in [-0.25, -0.2) is 0 Å². The first kappa shape index (κ1) is 26.3. The zero-order valence-corrected chi connectivity index (χ0v) is 23.1. The van der Waals surface area contributed by atoms with Crippen molar-refractivity contribution in [2.75, 3.05) is 40.4 Å². The number of benzene rings is 2. The second kappa shape index (κ2) is 12.9. The normalized spacial score (nSPS) is 10.6. The Hall–Kier alpha value is -1.98. The topological polar surface area (TPSA) is 59.1 Å². The number of nitrogens with zero attached hydrogens (tertiary/aromatic N) is 2. The number of hydrogen-bond acceptors (Lipinski definition) is 4. The van der Waals surface area contributed by atoms with E-state index in [0.717, 1.165) is 8.92 Å². The Morgan fingerprint density at radius 2 is 1.03 bits per heavy atom. The van der Waals surface area contributed by atoms with Crippen molar-refractivity contribution >= 4 is 47.0 Å². The summed E-state index contributed by atoms with van der Waals surface area (Å²) in [4.78, 5) is 30.1. The van der Waals surface area contributed by atoms with Crippen LogP contribution in [0.15, 0.2) is 36.4 Å². The van der Waals surface area contributed by atoms with Gasteiger partial charge < -0.3 is 0 Å². The van der Waals surface area contributed by atoms with E-state index < -0.39 is 0 Å². The van der Waals surface area contributed by atoms with Crippen LogP contribution in [-0.4, -0.2) is 88.3 Å². The van der Waals surface area contributed by atoms with Crippen LogP contribution in [0.2, 0.25) is 0 Å². The van der Waals surface area contributed by atoms with Crippen molar-refractivity contribution in [2.24, 2.45) is 0 Å². The first-order valence-corrected chi connectivity index (χ1v) is 16.8. The maximum absolute atomic E-state index is 13.2. The zero-order valence-electron chi connectivity index (χ0n) is 19.6. The SMILES string of the molecule is CCN(CC)C(=O)c1c(OC)cccc1[Se][Se]c1cccc(OC)c1C(=O)N(CC)CC. The summed E-state index contributed by atoms with van der Waals surface area (Å²) in [6, 6.07) is 11.5. The van der Waals surface area contributed by atoms with Crippen LogP contribution >= 0.6 is 0 Å². The van der Waals surface area contributed by atoms with Crippen LogP contribution in [-0.2, 0) is 0 Å². The molecule has 0 spiro atoms. The summed E-state index contributed by atoms with van der Waals surface area (Å²) in [5.74, 6) is 1.18. The number of ether oxygens (including phenoxy) is 2. The number of carbonyl (C=O) groups is 2. The van der Waals surface area contributed by atoms with E-state index in [1.807, 2.05) is 73.9 Å². The molecule has 174 valence electrons. The second-order valence-corrected chi connectivity index (χ2v) is 13.0. The molecule has 0 atom stereocenters. The molecule has 2 aromatic rings. The van der Waals surface area contributed by atoms with Crippen molar-refractivity contribution < 1.29 is 19.1 Å². The third kappa shape index (κ3) is 5.87. The van der Waals surface area contributed by atoms with E-state index in [9.17, 15) is 9.59 Å². The summed E-state index contributed by atoms with van der Waals surface area (Å²) >= 11 is -0.0469. The molecule has 0 unspecified atom stereocenters. The van der Waals surface area contributed by atoms with E-state index in [1.165, 1.54) is 0 Å². The Morgan fingerprint density at radius 1 is 0.688 bits per heavy atom. The van der Waals surface area contributed by atoms with Crippen molar-refractivity contribution in [1.82, 2.24) is 9.80 Å². The predicted molar refractivity (Wildman–Crippen MR) is 131 cm³/mol. The molecule has 6 nitrogen and oxygen atoms in total. The monoisotopic (exact) mass is 572 g/mol. The Labute approximate surface area is 202 Å². The molecule has 0 saturated carbocycles. The van der Waals surface area contributed by atoms with Gasteiger partial charge in [0.1, 0.15) is 0 Å². The van der Waals surface area contributed by atoms with Gasteiger partial charge in [0.25, 0.3) is 0 Å². The van der Waals surface area contributed by atoms with Gasteiger partial charge in [-0.05, 0) is 0 Å². The van der Waals surface area contributed by atoms with Gasteiger partial charge >= 0.3 is 203 Å². The number of carbonyl (C=O) groups excluding carboxylic acids is 2. The Kier molecular flexibility index (Phi) is 10.6. The predicted octanol–water partition coefficient (Wildman–Crippen LogP) is 1.94. The number of rotatable bonds is 11. The Balaban J connectivity index is 2.45. The van der Waals surface area contributed by atoms with Crippen LogP contribution in [0.4, 0.5) is 0 Å². The molecule has 2 aromatic carbocycles.